The van der Waals surface area contributed by atoms with Crippen LogP contribution in [-0.2, 0) is 22.7 Å². The molecule has 2 N–H and O–H groups in total. The van der Waals surface area contributed by atoms with Gasteiger partial charge in [0, 0.05) is 13.5 Å². The molecule has 0 aliphatic carbocycles. The van der Waals surface area contributed by atoms with E-state index in [0.29, 0.717) is 12.3 Å². The van der Waals surface area contributed by atoms with Gasteiger partial charge in [-0.3, -0.25) is 9.59 Å². The highest BCUT2D eigenvalue weighted by Crippen LogP contribution is 2.14. The second-order valence-electron chi connectivity index (χ2n) is 5.70. The Labute approximate surface area is 146 Å². The predicted octanol–water partition coefficient (Wildman–Crippen LogP) is 2.55. The minimum absolute atomic E-state index is 0.248. The van der Waals surface area contributed by atoms with Crippen LogP contribution < -0.4 is 15.4 Å². The molecular weight excluding hydrogens is 323 g/mol. The number of ether oxygens (including phenoxy) is 1. The van der Waals surface area contributed by atoms with Crippen LogP contribution in [0.1, 0.15) is 25.0 Å². The first-order valence-corrected chi connectivity index (χ1v) is 7.95. The molecule has 0 saturated carbocycles. The van der Waals surface area contributed by atoms with E-state index >= 15 is 0 Å². The maximum Gasteiger partial charge on any atom is 0.242 e. The van der Waals surface area contributed by atoms with Crippen molar-refractivity contribution in [2.75, 3.05) is 0 Å². The minimum atomic E-state index is -0.577. The lowest BCUT2D eigenvalue weighted by molar-refractivity contribution is -0.127. The molecule has 2 amide bonds. The number of nitrogens with one attached hydrogen (secondary N) is 2. The molecule has 1 atom stereocenters. The maximum atomic E-state index is 13.1. The number of halogens is 1. The molecule has 0 unspecified atom stereocenters. The standard InChI is InChI=1S/C19H21FN2O3/c1-13(22-14(2)23)19(24)21-11-15-6-8-18(9-7-15)25-12-16-4-3-5-17(20)10-16/h3-10,13H,11-12H2,1-2H3,(H,21,24)(H,22,23)/t13-/m1/s1. The summed E-state index contributed by atoms with van der Waals surface area (Å²) in [6.07, 6.45) is 0. The molecule has 0 aromatic heterocycles. The van der Waals surface area contributed by atoms with Crippen molar-refractivity contribution in [1.82, 2.24) is 10.6 Å². The van der Waals surface area contributed by atoms with Crippen LogP contribution in [0.2, 0.25) is 0 Å². The summed E-state index contributed by atoms with van der Waals surface area (Å²) in [6, 6.07) is 12.9. The molecule has 0 fully saturated rings. The van der Waals surface area contributed by atoms with Crippen molar-refractivity contribution in [3.05, 3.63) is 65.5 Å². The first-order valence-electron chi connectivity index (χ1n) is 7.95. The number of carbonyl (C=O) groups excluding carboxylic acids is 2. The van der Waals surface area contributed by atoms with Crippen LogP contribution >= 0.6 is 0 Å². The number of rotatable bonds is 7. The van der Waals surface area contributed by atoms with Gasteiger partial charge in [0.1, 0.15) is 24.2 Å². The molecule has 25 heavy (non-hydrogen) atoms. The van der Waals surface area contributed by atoms with Gasteiger partial charge in [-0.25, -0.2) is 4.39 Å². The molecule has 0 aliphatic rings. The second kappa shape index (κ2) is 8.82. The zero-order chi connectivity index (χ0) is 18.2. The summed E-state index contributed by atoms with van der Waals surface area (Å²) < 4.78 is 18.7. The molecule has 0 radical (unpaired) electrons. The van der Waals surface area contributed by atoms with Crippen molar-refractivity contribution in [3.8, 4) is 5.75 Å². The van der Waals surface area contributed by atoms with Gasteiger partial charge in [-0.2, -0.15) is 0 Å². The minimum Gasteiger partial charge on any atom is -0.489 e. The third kappa shape index (κ3) is 6.25. The highest BCUT2D eigenvalue weighted by Gasteiger charge is 2.12. The van der Waals surface area contributed by atoms with Crippen LogP contribution in [-0.4, -0.2) is 17.9 Å². The zero-order valence-corrected chi connectivity index (χ0v) is 14.2. The van der Waals surface area contributed by atoms with Gasteiger partial charge in [0.2, 0.25) is 11.8 Å². The molecule has 132 valence electrons. The van der Waals surface area contributed by atoms with E-state index in [2.05, 4.69) is 10.6 Å². The van der Waals surface area contributed by atoms with Crippen LogP contribution in [0, 0.1) is 5.82 Å². The molecular formula is C19H21FN2O3. The highest BCUT2D eigenvalue weighted by molar-refractivity contribution is 5.86. The van der Waals surface area contributed by atoms with E-state index in [4.69, 9.17) is 4.74 Å². The lowest BCUT2D eigenvalue weighted by Gasteiger charge is -2.13. The quantitative estimate of drug-likeness (QED) is 0.811. The number of hydrogen-bond acceptors (Lipinski definition) is 3. The van der Waals surface area contributed by atoms with Crippen molar-refractivity contribution in [2.24, 2.45) is 0 Å². The Morgan fingerprint density at radius 2 is 1.84 bits per heavy atom. The SMILES string of the molecule is CC(=O)N[C@H](C)C(=O)NCc1ccc(OCc2cccc(F)c2)cc1. The Balaban J connectivity index is 1.81. The normalized spacial score (nSPS) is 11.5. The van der Waals surface area contributed by atoms with Crippen molar-refractivity contribution in [1.29, 1.82) is 0 Å². The molecule has 2 aromatic rings. The Bertz CT molecular complexity index is 732. The summed E-state index contributed by atoms with van der Waals surface area (Å²) in [5.74, 6) is -0.129. The van der Waals surface area contributed by atoms with E-state index in [0.717, 1.165) is 11.1 Å². The van der Waals surface area contributed by atoms with Crippen molar-refractivity contribution in [2.45, 2.75) is 33.0 Å². The van der Waals surface area contributed by atoms with Crippen molar-refractivity contribution >= 4 is 11.8 Å². The molecule has 6 heteroatoms. The summed E-state index contributed by atoms with van der Waals surface area (Å²) in [6.45, 7) is 3.63. The van der Waals surface area contributed by atoms with E-state index in [1.807, 2.05) is 12.1 Å². The average Bonchev–Trinajstić information content (AvgIpc) is 2.58. The third-order valence-corrected chi connectivity index (χ3v) is 3.50. The molecule has 0 heterocycles. The second-order valence-corrected chi connectivity index (χ2v) is 5.70. The van der Waals surface area contributed by atoms with Gasteiger partial charge in [-0.05, 0) is 42.3 Å². The van der Waals surface area contributed by atoms with Gasteiger partial charge < -0.3 is 15.4 Å². The van der Waals surface area contributed by atoms with Crippen molar-refractivity contribution < 1.29 is 18.7 Å². The molecule has 0 saturated heterocycles. The summed E-state index contributed by atoms with van der Waals surface area (Å²) in [5.41, 5.74) is 1.66. The van der Waals surface area contributed by atoms with E-state index < -0.39 is 6.04 Å². The van der Waals surface area contributed by atoms with Gasteiger partial charge in [0.05, 0.1) is 0 Å². The van der Waals surface area contributed by atoms with Crippen LogP contribution in [0.3, 0.4) is 0 Å². The highest BCUT2D eigenvalue weighted by atomic mass is 19.1. The summed E-state index contributed by atoms with van der Waals surface area (Å²) in [4.78, 5) is 22.8. The molecule has 0 spiro atoms. The first-order chi connectivity index (χ1) is 11.9. The summed E-state index contributed by atoms with van der Waals surface area (Å²) in [5, 5.41) is 5.28. The van der Waals surface area contributed by atoms with E-state index in [9.17, 15) is 14.0 Å². The van der Waals surface area contributed by atoms with Crippen LogP contribution in [0.4, 0.5) is 4.39 Å². The Hall–Kier alpha value is -2.89. The summed E-state index contributed by atoms with van der Waals surface area (Å²) >= 11 is 0. The first kappa shape index (κ1) is 18.4. The van der Waals surface area contributed by atoms with E-state index in [-0.39, 0.29) is 24.2 Å². The maximum absolute atomic E-state index is 13.1. The Morgan fingerprint density at radius 1 is 1.12 bits per heavy atom. The smallest absolute Gasteiger partial charge is 0.242 e. The van der Waals surface area contributed by atoms with Crippen LogP contribution in [0.25, 0.3) is 0 Å². The fourth-order valence-electron chi connectivity index (χ4n) is 2.21. The predicted molar refractivity (Wildman–Crippen MR) is 92.3 cm³/mol. The zero-order valence-electron chi connectivity index (χ0n) is 14.2. The summed E-state index contributed by atoms with van der Waals surface area (Å²) in [7, 11) is 0. The van der Waals surface area contributed by atoms with Gasteiger partial charge in [-0.1, -0.05) is 24.3 Å². The number of benzene rings is 2. The van der Waals surface area contributed by atoms with Crippen LogP contribution in [0.15, 0.2) is 48.5 Å². The molecule has 2 rings (SSSR count). The lowest BCUT2D eigenvalue weighted by Crippen LogP contribution is -2.43. The number of hydrogen-bond donors (Lipinski definition) is 2. The third-order valence-electron chi connectivity index (χ3n) is 3.50. The topological polar surface area (TPSA) is 67.4 Å². The molecule has 0 bridgehead atoms. The number of amides is 2. The monoisotopic (exact) mass is 344 g/mol. The van der Waals surface area contributed by atoms with Gasteiger partial charge >= 0.3 is 0 Å². The van der Waals surface area contributed by atoms with E-state index in [1.54, 1.807) is 31.2 Å². The van der Waals surface area contributed by atoms with Crippen molar-refractivity contribution in [3.63, 3.8) is 0 Å². The van der Waals surface area contributed by atoms with Gasteiger partial charge in [-0.15, -0.1) is 0 Å². The number of carbonyl (C=O) groups is 2. The molecule has 5 nitrogen and oxygen atoms in total. The fraction of sp³-hybridized carbons (Fsp3) is 0.263. The fourth-order valence-corrected chi connectivity index (χ4v) is 2.21. The molecule has 0 aliphatic heterocycles. The van der Waals surface area contributed by atoms with Gasteiger partial charge in [0.15, 0.2) is 0 Å². The average molecular weight is 344 g/mol. The largest absolute Gasteiger partial charge is 0.489 e. The lowest BCUT2D eigenvalue weighted by atomic mass is 10.2. The van der Waals surface area contributed by atoms with Crippen LogP contribution in [0.5, 0.6) is 5.75 Å². The Kier molecular flexibility index (Phi) is 6.51. The van der Waals surface area contributed by atoms with E-state index in [1.165, 1.54) is 19.1 Å². The molecule has 2 aromatic carbocycles. The Morgan fingerprint density at radius 3 is 2.48 bits per heavy atom. The van der Waals surface area contributed by atoms with Gasteiger partial charge in [0.25, 0.3) is 0 Å².